The van der Waals surface area contributed by atoms with Gasteiger partial charge in [0.15, 0.2) is 0 Å². The number of fused-ring (bicyclic) bond motifs is 4. The smallest absolute Gasteiger partial charge is 0.214 e. The van der Waals surface area contributed by atoms with E-state index in [-0.39, 0.29) is 17.4 Å². The van der Waals surface area contributed by atoms with E-state index in [2.05, 4.69) is 48.3 Å². The molecule has 4 heteroatoms. The Morgan fingerprint density at radius 3 is 2.55 bits per heavy atom. The maximum Gasteiger partial charge on any atom is 0.214 e. The second-order valence-electron chi connectivity index (χ2n) is 7.58. The highest BCUT2D eigenvalue weighted by molar-refractivity contribution is 6.00. The number of hydrogen-bond donors (Lipinski definition) is 1. The van der Waals surface area contributed by atoms with Gasteiger partial charge in [0.25, 0.3) is 0 Å². The minimum Gasteiger partial charge on any atom is -0.354 e. The van der Waals surface area contributed by atoms with E-state index in [1.165, 1.54) is 0 Å². The van der Waals surface area contributed by atoms with E-state index in [0.717, 1.165) is 50.0 Å². The lowest BCUT2D eigenvalue weighted by Gasteiger charge is -2.15. The molecule has 1 heterocycles. The number of nitrogens with zero attached hydrogens (tertiary/aromatic N) is 1. The highest BCUT2D eigenvalue weighted by Gasteiger charge is 2.31. The van der Waals surface area contributed by atoms with Crippen LogP contribution in [0.5, 0.6) is 0 Å². The SMILES string of the molecule is Cc1ccc2c3c([nH]c2c1)C(c1ccccc1)=Cc1ccccc1[C@H]3C[N+](=O)[O-]. The number of hydrogen-bond acceptors (Lipinski definition) is 2. The molecule has 1 aliphatic carbocycles. The number of nitro groups is 1. The highest BCUT2D eigenvalue weighted by atomic mass is 16.6. The van der Waals surface area contributed by atoms with Crippen LogP contribution in [0.4, 0.5) is 0 Å². The molecular weight excluding hydrogens is 360 g/mol. The number of aromatic amines is 1. The molecule has 0 spiro atoms. The van der Waals surface area contributed by atoms with Gasteiger partial charge in [-0.2, -0.15) is 0 Å². The van der Waals surface area contributed by atoms with Crippen molar-refractivity contribution < 1.29 is 4.92 Å². The van der Waals surface area contributed by atoms with Crippen LogP contribution in [-0.2, 0) is 0 Å². The Kier molecular flexibility index (Phi) is 4.06. The van der Waals surface area contributed by atoms with Crippen molar-refractivity contribution in [1.29, 1.82) is 0 Å². The summed E-state index contributed by atoms with van der Waals surface area (Å²) in [5.74, 6) is -0.315. The van der Waals surface area contributed by atoms with Crippen molar-refractivity contribution in [2.75, 3.05) is 6.54 Å². The summed E-state index contributed by atoms with van der Waals surface area (Å²) in [4.78, 5) is 15.0. The molecule has 29 heavy (non-hydrogen) atoms. The molecule has 0 radical (unpaired) electrons. The van der Waals surface area contributed by atoms with E-state index in [4.69, 9.17) is 0 Å². The van der Waals surface area contributed by atoms with Gasteiger partial charge in [0.05, 0.1) is 11.6 Å². The summed E-state index contributed by atoms with van der Waals surface area (Å²) >= 11 is 0. The first-order valence-electron chi connectivity index (χ1n) is 9.72. The second-order valence-corrected chi connectivity index (χ2v) is 7.58. The molecule has 1 aliphatic rings. The van der Waals surface area contributed by atoms with Gasteiger partial charge in [0, 0.05) is 21.4 Å². The molecule has 1 N–H and O–H groups in total. The van der Waals surface area contributed by atoms with Crippen LogP contribution in [0.2, 0.25) is 0 Å². The van der Waals surface area contributed by atoms with Crippen LogP contribution in [0, 0.1) is 17.0 Å². The zero-order valence-electron chi connectivity index (χ0n) is 16.1. The molecule has 0 aliphatic heterocycles. The Balaban J connectivity index is 1.89. The first-order valence-corrected chi connectivity index (χ1v) is 9.72. The Morgan fingerprint density at radius 2 is 1.76 bits per heavy atom. The van der Waals surface area contributed by atoms with Crippen molar-refractivity contribution >= 4 is 22.6 Å². The van der Waals surface area contributed by atoms with E-state index in [9.17, 15) is 10.1 Å². The van der Waals surface area contributed by atoms with Crippen LogP contribution >= 0.6 is 0 Å². The molecule has 1 atom stereocenters. The summed E-state index contributed by atoms with van der Waals surface area (Å²) in [5, 5.41) is 12.7. The van der Waals surface area contributed by atoms with Crippen LogP contribution in [0.15, 0.2) is 72.8 Å². The lowest BCUT2D eigenvalue weighted by molar-refractivity contribution is -0.481. The predicted octanol–water partition coefficient (Wildman–Crippen LogP) is 5.79. The van der Waals surface area contributed by atoms with E-state index in [0.29, 0.717) is 0 Å². The van der Waals surface area contributed by atoms with Crippen LogP contribution in [-0.4, -0.2) is 16.5 Å². The number of H-pyrrole nitrogens is 1. The molecule has 142 valence electrons. The molecule has 0 fully saturated rings. The van der Waals surface area contributed by atoms with Crippen LogP contribution in [0.3, 0.4) is 0 Å². The van der Waals surface area contributed by atoms with Crippen molar-refractivity contribution in [3.63, 3.8) is 0 Å². The maximum atomic E-state index is 11.6. The van der Waals surface area contributed by atoms with E-state index in [1.807, 2.05) is 42.5 Å². The van der Waals surface area contributed by atoms with Gasteiger partial charge in [-0.15, -0.1) is 0 Å². The third-order valence-corrected chi connectivity index (χ3v) is 5.70. The fourth-order valence-corrected chi connectivity index (χ4v) is 4.43. The molecule has 4 nitrogen and oxygen atoms in total. The van der Waals surface area contributed by atoms with Gasteiger partial charge in [0.1, 0.15) is 0 Å². The zero-order valence-corrected chi connectivity index (χ0v) is 16.1. The summed E-state index contributed by atoms with van der Waals surface area (Å²) < 4.78 is 0. The average molecular weight is 380 g/mol. The lowest BCUT2D eigenvalue weighted by Crippen LogP contribution is -2.15. The number of aryl methyl sites for hydroxylation is 1. The van der Waals surface area contributed by atoms with Crippen molar-refractivity contribution in [2.24, 2.45) is 0 Å². The van der Waals surface area contributed by atoms with E-state index < -0.39 is 0 Å². The van der Waals surface area contributed by atoms with Crippen molar-refractivity contribution in [3.8, 4) is 0 Å². The summed E-state index contributed by atoms with van der Waals surface area (Å²) in [7, 11) is 0. The number of aromatic nitrogens is 1. The van der Waals surface area contributed by atoms with Crippen LogP contribution in [0.1, 0.15) is 39.4 Å². The standard InChI is InChI=1S/C25H20N2O2/c1-16-11-12-20-23(13-16)26-25-21(17-7-3-2-4-8-17)14-18-9-5-6-10-19(18)22(24(20)25)15-27(28)29/h2-14,22,26H,15H2,1H3/t22-/m1/s1. The fourth-order valence-electron chi connectivity index (χ4n) is 4.43. The molecule has 0 saturated carbocycles. The predicted molar refractivity (Wildman–Crippen MR) is 117 cm³/mol. The minimum absolute atomic E-state index is 0.138. The first-order chi connectivity index (χ1) is 14.1. The molecule has 5 rings (SSSR count). The largest absolute Gasteiger partial charge is 0.354 e. The van der Waals surface area contributed by atoms with Gasteiger partial charge < -0.3 is 4.98 Å². The maximum absolute atomic E-state index is 11.6. The lowest BCUT2D eigenvalue weighted by atomic mass is 9.87. The quantitative estimate of drug-likeness (QED) is 0.361. The fraction of sp³-hybridized carbons (Fsp3) is 0.120. The third-order valence-electron chi connectivity index (χ3n) is 5.70. The average Bonchev–Trinajstić information content (AvgIpc) is 3.03. The van der Waals surface area contributed by atoms with Gasteiger partial charge >= 0.3 is 0 Å². The van der Waals surface area contributed by atoms with Crippen molar-refractivity contribution in [2.45, 2.75) is 12.8 Å². The Hall–Kier alpha value is -3.66. The normalized spacial score (nSPS) is 15.3. The first kappa shape index (κ1) is 17.4. The van der Waals surface area contributed by atoms with Crippen LogP contribution < -0.4 is 0 Å². The summed E-state index contributed by atoms with van der Waals surface area (Å²) in [5.41, 5.74) is 8.34. The van der Waals surface area contributed by atoms with Gasteiger partial charge in [-0.3, -0.25) is 10.1 Å². The summed E-state index contributed by atoms with van der Waals surface area (Å²) in [6.07, 6.45) is 2.16. The molecule has 0 unspecified atom stereocenters. The van der Waals surface area contributed by atoms with E-state index in [1.54, 1.807) is 0 Å². The Bertz CT molecular complexity index is 1270. The van der Waals surface area contributed by atoms with Gasteiger partial charge in [0.2, 0.25) is 6.54 Å². The Labute approximate surface area is 168 Å². The molecule has 3 aromatic carbocycles. The third kappa shape index (κ3) is 2.93. The number of rotatable bonds is 3. The molecule has 0 saturated heterocycles. The van der Waals surface area contributed by atoms with Gasteiger partial charge in [-0.1, -0.05) is 66.7 Å². The molecule has 4 aromatic rings. The van der Waals surface area contributed by atoms with Crippen LogP contribution in [0.25, 0.3) is 22.6 Å². The minimum atomic E-state index is -0.315. The molecule has 1 aromatic heterocycles. The summed E-state index contributed by atoms with van der Waals surface area (Å²) in [6, 6.07) is 24.5. The van der Waals surface area contributed by atoms with Crippen molar-refractivity contribution in [1.82, 2.24) is 4.98 Å². The second kappa shape index (κ2) is 6.74. The highest BCUT2D eigenvalue weighted by Crippen LogP contribution is 2.43. The topological polar surface area (TPSA) is 58.9 Å². The molecule has 0 bridgehead atoms. The van der Waals surface area contributed by atoms with Crippen molar-refractivity contribution in [3.05, 3.63) is 116 Å². The molecular formula is C25H20N2O2. The number of nitrogens with one attached hydrogen (secondary N) is 1. The van der Waals surface area contributed by atoms with Gasteiger partial charge in [-0.05, 0) is 46.9 Å². The number of benzene rings is 3. The zero-order chi connectivity index (χ0) is 20.0. The monoisotopic (exact) mass is 380 g/mol. The molecule has 0 amide bonds. The summed E-state index contributed by atoms with van der Waals surface area (Å²) in [6.45, 7) is 1.92. The van der Waals surface area contributed by atoms with E-state index >= 15 is 0 Å². The Morgan fingerprint density at radius 1 is 1.00 bits per heavy atom. The van der Waals surface area contributed by atoms with Gasteiger partial charge in [-0.25, -0.2) is 0 Å².